The maximum absolute atomic E-state index is 13.7. The lowest BCUT2D eigenvalue weighted by atomic mass is 10.1. The van der Waals surface area contributed by atoms with Crippen LogP contribution in [0.25, 0.3) is 0 Å². The number of aliphatic hydroxyl groups is 1. The van der Waals surface area contributed by atoms with Gasteiger partial charge < -0.3 is 5.11 Å². The van der Waals surface area contributed by atoms with Gasteiger partial charge in [0.15, 0.2) is 0 Å². The van der Waals surface area contributed by atoms with E-state index in [1.807, 2.05) is 13.8 Å². The van der Waals surface area contributed by atoms with Gasteiger partial charge in [-0.3, -0.25) is 0 Å². The molecule has 0 aliphatic heterocycles. The second-order valence-electron chi connectivity index (χ2n) is 4.68. The lowest BCUT2D eigenvalue weighted by molar-refractivity contribution is 0.350. The van der Waals surface area contributed by atoms with Gasteiger partial charge in [0.2, 0.25) is 10.0 Å². The molecule has 6 heteroatoms. The molecule has 1 rings (SSSR count). The van der Waals surface area contributed by atoms with Crippen LogP contribution in [0.5, 0.6) is 0 Å². The van der Waals surface area contributed by atoms with Crippen LogP contribution in [0.15, 0.2) is 23.1 Å². The van der Waals surface area contributed by atoms with Crippen molar-refractivity contribution in [3.63, 3.8) is 0 Å². The van der Waals surface area contributed by atoms with Gasteiger partial charge in [-0.25, -0.2) is 17.5 Å². The van der Waals surface area contributed by atoms with Crippen molar-refractivity contribution in [1.29, 1.82) is 0 Å². The Bertz CT molecular complexity index is 615. The highest BCUT2D eigenvalue weighted by atomic mass is 32.2. The molecule has 0 spiro atoms. The third-order valence-electron chi connectivity index (χ3n) is 2.57. The fraction of sp³-hybridized carbons (Fsp3) is 0.429. The van der Waals surface area contributed by atoms with E-state index in [0.717, 1.165) is 6.07 Å². The Morgan fingerprint density at radius 1 is 1.40 bits per heavy atom. The first-order chi connectivity index (χ1) is 9.36. The Morgan fingerprint density at radius 3 is 2.65 bits per heavy atom. The second-order valence-corrected chi connectivity index (χ2v) is 6.45. The zero-order valence-electron chi connectivity index (χ0n) is 11.5. The molecule has 0 saturated carbocycles. The third kappa shape index (κ3) is 4.93. The van der Waals surface area contributed by atoms with Crippen LogP contribution in [0.2, 0.25) is 0 Å². The fourth-order valence-corrected chi connectivity index (χ4v) is 2.52. The van der Waals surface area contributed by atoms with E-state index in [0.29, 0.717) is 18.9 Å². The van der Waals surface area contributed by atoms with Gasteiger partial charge in [0.25, 0.3) is 0 Å². The maximum atomic E-state index is 13.7. The van der Waals surface area contributed by atoms with Crippen LogP contribution in [0.4, 0.5) is 4.39 Å². The van der Waals surface area contributed by atoms with Crippen molar-refractivity contribution in [2.24, 2.45) is 5.92 Å². The van der Waals surface area contributed by atoms with E-state index < -0.39 is 15.8 Å². The molecule has 0 aliphatic carbocycles. The molecule has 20 heavy (non-hydrogen) atoms. The lowest BCUT2D eigenvalue weighted by Gasteiger charge is -2.08. The highest BCUT2D eigenvalue weighted by Crippen LogP contribution is 2.14. The van der Waals surface area contributed by atoms with E-state index in [1.54, 1.807) is 0 Å². The topological polar surface area (TPSA) is 66.4 Å². The van der Waals surface area contributed by atoms with Crippen molar-refractivity contribution < 1.29 is 17.9 Å². The van der Waals surface area contributed by atoms with E-state index in [-0.39, 0.29) is 17.1 Å². The van der Waals surface area contributed by atoms with Crippen LogP contribution in [0, 0.1) is 23.6 Å². The van der Waals surface area contributed by atoms with Crippen LogP contribution in [0.3, 0.4) is 0 Å². The lowest BCUT2D eigenvalue weighted by Crippen LogP contribution is -2.25. The summed E-state index contributed by atoms with van der Waals surface area (Å²) in [5.41, 5.74) is 0.0557. The number of sulfonamides is 1. The zero-order chi connectivity index (χ0) is 15.2. The van der Waals surface area contributed by atoms with Crippen molar-refractivity contribution in [3.05, 3.63) is 29.6 Å². The molecule has 0 aliphatic rings. The van der Waals surface area contributed by atoms with Gasteiger partial charge in [-0.15, -0.1) is 0 Å². The van der Waals surface area contributed by atoms with Gasteiger partial charge in [0.05, 0.1) is 10.5 Å². The number of hydrogen-bond donors (Lipinski definition) is 2. The summed E-state index contributed by atoms with van der Waals surface area (Å²) in [6.07, 6.45) is 0.710. The first kappa shape index (κ1) is 16.6. The molecule has 0 amide bonds. The molecule has 0 atom stereocenters. The van der Waals surface area contributed by atoms with Gasteiger partial charge in [-0.1, -0.05) is 25.7 Å². The van der Waals surface area contributed by atoms with Gasteiger partial charge in [0, 0.05) is 6.54 Å². The largest absolute Gasteiger partial charge is 0.384 e. The average Bonchev–Trinajstić information content (AvgIpc) is 2.36. The highest BCUT2D eigenvalue weighted by molar-refractivity contribution is 7.89. The smallest absolute Gasteiger partial charge is 0.240 e. The van der Waals surface area contributed by atoms with Gasteiger partial charge >= 0.3 is 0 Å². The predicted octanol–water partition coefficient (Wildman–Crippen LogP) is 1.49. The predicted molar refractivity (Wildman–Crippen MR) is 75.0 cm³/mol. The van der Waals surface area contributed by atoms with Crippen molar-refractivity contribution in [1.82, 2.24) is 4.72 Å². The molecule has 0 unspecified atom stereocenters. The monoisotopic (exact) mass is 299 g/mol. The fourth-order valence-electron chi connectivity index (χ4n) is 1.46. The molecule has 1 aromatic carbocycles. The van der Waals surface area contributed by atoms with E-state index in [9.17, 15) is 12.8 Å². The van der Waals surface area contributed by atoms with Crippen molar-refractivity contribution in [3.8, 4) is 11.8 Å². The van der Waals surface area contributed by atoms with Crippen LogP contribution in [-0.4, -0.2) is 26.7 Å². The summed E-state index contributed by atoms with van der Waals surface area (Å²) in [5, 5.41) is 8.54. The van der Waals surface area contributed by atoms with E-state index in [1.165, 1.54) is 12.1 Å². The van der Waals surface area contributed by atoms with E-state index >= 15 is 0 Å². The average molecular weight is 299 g/mol. The molecule has 0 saturated heterocycles. The van der Waals surface area contributed by atoms with Gasteiger partial charge in [0.1, 0.15) is 12.4 Å². The molecular weight excluding hydrogens is 281 g/mol. The summed E-state index contributed by atoms with van der Waals surface area (Å²) in [6.45, 7) is 3.91. The summed E-state index contributed by atoms with van der Waals surface area (Å²) in [5.74, 6) is 4.38. The third-order valence-corrected chi connectivity index (χ3v) is 4.03. The molecule has 4 nitrogen and oxygen atoms in total. The van der Waals surface area contributed by atoms with Gasteiger partial charge in [-0.05, 0) is 30.5 Å². The summed E-state index contributed by atoms with van der Waals surface area (Å²) in [6, 6.07) is 3.51. The molecule has 0 radical (unpaired) electrons. The van der Waals surface area contributed by atoms with Crippen LogP contribution in [-0.2, 0) is 10.0 Å². The number of rotatable bonds is 5. The Labute approximate surface area is 119 Å². The summed E-state index contributed by atoms with van der Waals surface area (Å²) < 4.78 is 40.0. The standard InChI is InChI=1S/C14H18FNO3S/c1-11(2)7-8-16-20(18,19)13-6-5-12(4-3-9-17)14(15)10-13/h5-6,10-11,16-17H,7-9H2,1-2H3. The summed E-state index contributed by atoms with van der Waals surface area (Å²) in [7, 11) is -3.70. The van der Waals surface area contributed by atoms with Crippen LogP contribution in [0.1, 0.15) is 25.8 Å². The number of hydrogen-bond acceptors (Lipinski definition) is 3. The first-order valence-corrected chi connectivity index (χ1v) is 7.74. The molecule has 1 aromatic rings. The molecular formula is C14H18FNO3S. The Balaban J connectivity index is 2.88. The Morgan fingerprint density at radius 2 is 2.10 bits per heavy atom. The van der Waals surface area contributed by atoms with Crippen molar-refractivity contribution >= 4 is 10.0 Å². The molecule has 0 heterocycles. The van der Waals surface area contributed by atoms with E-state index in [2.05, 4.69) is 16.6 Å². The summed E-state index contributed by atoms with van der Waals surface area (Å²) >= 11 is 0. The minimum Gasteiger partial charge on any atom is -0.384 e. The minimum absolute atomic E-state index is 0.0557. The second kappa shape index (κ2) is 7.39. The van der Waals surface area contributed by atoms with Crippen LogP contribution >= 0.6 is 0 Å². The normalized spacial score (nSPS) is 11.2. The maximum Gasteiger partial charge on any atom is 0.240 e. The van der Waals surface area contributed by atoms with Crippen molar-refractivity contribution in [2.75, 3.05) is 13.2 Å². The Hall–Kier alpha value is -1.42. The Kier molecular flexibility index (Phi) is 6.14. The number of nitrogens with one attached hydrogen (secondary N) is 1. The number of halogens is 1. The molecule has 2 N–H and O–H groups in total. The van der Waals surface area contributed by atoms with Crippen LogP contribution < -0.4 is 4.72 Å². The minimum atomic E-state index is -3.70. The first-order valence-electron chi connectivity index (χ1n) is 6.25. The molecule has 0 fully saturated rings. The van der Waals surface area contributed by atoms with Crippen molar-refractivity contribution in [2.45, 2.75) is 25.2 Å². The quantitative estimate of drug-likeness (QED) is 0.810. The van der Waals surface area contributed by atoms with E-state index in [4.69, 9.17) is 5.11 Å². The summed E-state index contributed by atoms with van der Waals surface area (Å²) in [4.78, 5) is -0.131. The number of benzene rings is 1. The number of aliphatic hydroxyl groups excluding tert-OH is 1. The highest BCUT2D eigenvalue weighted by Gasteiger charge is 2.15. The molecule has 0 aromatic heterocycles. The SMILES string of the molecule is CC(C)CCNS(=O)(=O)c1ccc(C#CCO)c(F)c1. The zero-order valence-corrected chi connectivity index (χ0v) is 12.3. The van der Waals surface area contributed by atoms with Gasteiger partial charge in [-0.2, -0.15) is 0 Å². The molecule has 110 valence electrons. The molecule has 0 bridgehead atoms.